The molecule has 1 aliphatic heterocycles. The molecule has 1 rings (SSSR count). The average Bonchev–Trinajstić information content (AvgIpc) is 2.41. The maximum Gasteiger partial charge on any atom is 0.405 e. The Hall–Kier alpha value is -1.31. The molecule has 0 bridgehead atoms. The summed E-state index contributed by atoms with van der Waals surface area (Å²) in [4.78, 5) is 22.5. The van der Waals surface area contributed by atoms with E-state index in [0.717, 1.165) is 32.4 Å². The van der Waals surface area contributed by atoms with Crippen LogP contribution in [0.5, 0.6) is 0 Å². The molecule has 0 atom stereocenters. The maximum atomic E-state index is 11.8. The van der Waals surface area contributed by atoms with Gasteiger partial charge in [-0.1, -0.05) is 0 Å². The van der Waals surface area contributed by atoms with Gasteiger partial charge in [0.15, 0.2) is 0 Å². The number of halogens is 3. The third-order valence-electron chi connectivity index (χ3n) is 3.17. The molecule has 116 valence electrons. The first kappa shape index (κ1) is 16.7. The second kappa shape index (κ2) is 8.08. The van der Waals surface area contributed by atoms with Gasteiger partial charge >= 0.3 is 6.18 Å². The van der Waals surface area contributed by atoms with E-state index < -0.39 is 25.2 Å². The highest BCUT2D eigenvalue weighted by molar-refractivity contribution is 5.84. The molecule has 8 heteroatoms. The van der Waals surface area contributed by atoms with Gasteiger partial charge in [-0.3, -0.25) is 9.59 Å². The molecule has 0 spiro atoms. The molecule has 0 aromatic rings. The van der Waals surface area contributed by atoms with Crippen molar-refractivity contribution in [1.82, 2.24) is 16.0 Å². The summed E-state index contributed by atoms with van der Waals surface area (Å²) in [6.07, 6.45) is -1.33. The fourth-order valence-corrected chi connectivity index (χ4v) is 2.03. The minimum absolute atomic E-state index is 0.300. The number of carbonyl (C=O) groups excluding carboxylic acids is 2. The molecule has 0 aliphatic carbocycles. The molecule has 2 amide bonds. The van der Waals surface area contributed by atoms with Gasteiger partial charge in [0.25, 0.3) is 0 Å². The van der Waals surface area contributed by atoms with Crippen LogP contribution in [0, 0.1) is 5.92 Å². The van der Waals surface area contributed by atoms with Gasteiger partial charge in [-0.05, 0) is 38.3 Å². The first-order chi connectivity index (χ1) is 9.37. The zero-order valence-corrected chi connectivity index (χ0v) is 11.2. The minimum Gasteiger partial charge on any atom is -0.347 e. The van der Waals surface area contributed by atoms with Gasteiger partial charge in [0.1, 0.15) is 6.54 Å². The van der Waals surface area contributed by atoms with Crippen molar-refractivity contribution in [3.8, 4) is 0 Å². The van der Waals surface area contributed by atoms with E-state index in [1.165, 1.54) is 0 Å². The fraction of sp³-hybridized carbons (Fsp3) is 0.833. The molecule has 0 aromatic carbocycles. The highest BCUT2D eigenvalue weighted by Gasteiger charge is 2.27. The summed E-state index contributed by atoms with van der Waals surface area (Å²) in [5.74, 6) is -0.635. The number of carbonyl (C=O) groups is 2. The van der Waals surface area contributed by atoms with E-state index in [2.05, 4.69) is 10.6 Å². The molecule has 1 saturated heterocycles. The van der Waals surface area contributed by atoms with Gasteiger partial charge in [-0.25, -0.2) is 0 Å². The molecule has 0 radical (unpaired) electrons. The van der Waals surface area contributed by atoms with Crippen molar-refractivity contribution < 1.29 is 22.8 Å². The number of nitrogens with one attached hydrogen (secondary N) is 3. The van der Waals surface area contributed by atoms with Crippen LogP contribution in [0.2, 0.25) is 0 Å². The SMILES string of the molecule is O=C(CCC1CCNCC1)NCC(=O)NCC(F)(F)F. The Morgan fingerprint density at radius 1 is 1.10 bits per heavy atom. The van der Waals surface area contributed by atoms with Crippen LogP contribution in [0.25, 0.3) is 0 Å². The van der Waals surface area contributed by atoms with Crippen molar-refractivity contribution in [1.29, 1.82) is 0 Å². The van der Waals surface area contributed by atoms with Crippen LogP contribution in [0.1, 0.15) is 25.7 Å². The topological polar surface area (TPSA) is 70.2 Å². The summed E-state index contributed by atoms with van der Waals surface area (Å²) < 4.78 is 35.5. The van der Waals surface area contributed by atoms with Crippen molar-refractivity contribution in [2.45, 2.75) is 31.9 Å². The number of amides is 2. The lowest BCUT2D eigenvalue weighted by molar-refractivity contribution is -0.138. The Balaban J connectivity index is 2.08. The average molecular weight is 295 g/mol. The molecular weight excluding hydrogens is 275 g/mol. The van der Waals surface area contributed by atoms with E-state index in [9.17, 15) is 22.8 Å². The van der Waals surface area contributed by atoms with Crippen LogP contribution in [-0.2, 0) is 9.59 Å². The highest BCUT2D eigenvalue weighted by atomic mass is 19.4. The van der Waals surface area contributed by atoms with Crippen molar-refractivity contribution in [2.75, 3.05) is 26.2 Å². The largest absolute Gasteiger partial charge is 0.405 e. The summed E-state index contributed by atoms with van der Waals surface area (Å²) in [5.41, 5.74) is 0. The van der Waals surface area contributed by atoms with E-state index in [1.54, 1.807) is 5.32 Å². The Morgan fingerprint density at radius 3 is 2.35 bits per heavy atom. The summed E-state index contributed by atoms with van der Waals surface area (Å²) in [6.45, 7) is 0.107. The Labute approximate surface area is 115 Å². The zero-order valence-electron chi connectivity index (χ0n) is 11.2. The van der Waals surface area contributed by atoms with Crippen molar-refractivity contribution in [3.05, 3.63) is 0 Å². The second-order valence-electron chi connectivity index (χ2n) is 4.90. The number of alkyl halides is 3. The maximum absolute atomic E-state index is 11.8. The van der Waals surface area contributed by atoms with Crippen LogP contribution >= 0.6 is 0 Å². The first-order valence-electron chi connectivity index (χ1n) is 6.67. The predicted molar refractivity (Wildman–Crippen MR) is 66.9 cm³/mol. The lowest BCUT2D eigenvalue weighted by atomic mass is 9.93. The van der Waals surface area contributed by atoms with Crippen LogP contribution in [0.3, 0.4) is 0 Å². The van der Waals surface area contributed by atoms with E-state index >= 15 is 0 Å². The molecule has 1 fully saturated rings. The molecule has 20 heavy (non-hydrogen) atoms. The third-order valence-corrected chi connectivity index (χ3v) is 3.17. The van der Waals surface area contributed by atoms with Crippen LogP contribution in [0.4, 0.5) is 13.2 Å². The Bertz CT molecular complexity index is 328. The molecule has 1 heterocycles. The van der Waals surface area contributed by atoms with Gasteiger partial charge < -0.3 is 16.0 Å². The van der Waals surface area contributed by atoms with Crippen LogP contribution < -0.4 is 16.0 Å². The lowest BCUT2D eigenvalue weighted by Gasteiger charge is -2.22. The highest BCUT2D eigenvalue weighted by Crippen LogP contribution is 2.17. The van der Waals surface area contributed by atoms with E-state index in [4.69, 9.17) is 0 Å². The lowest BCUT2D eigenvalue weighted by Crippen LogP contribution is -2.41. The molecule has 0 aromatic heterocycles. The molecule has 3 N–H and O–H groups in total. The Kier molecular flexibility index (Phi) is 6.77. The normalized spacial score (nSPS) is 16.8. The van der Waals surface area contributed by atoms with Gasteiger partial charge in [0.2, 0.25) is 11.8 Å². The van der Waals surface area contributed by atoms with Gasteiger partial charge in [-0.15, -0.1) is 0 Å². The number of rotatable bonds is 6. The fourth-order valence-electron chi connectivity index (χ4n) is 2.03. The number of hydrogen-bond donors (Lipinski definition) is 3. The number of hydrogen-bond acceptors (Lipinski definition) is 3. The second-order valence-corrected chi connectivity index (χ2v) is 4.90. The van der Waals surface area contributed by atoms with Gasteiger partial charge in [0.05, 0.1) is 6.54 Å². The van der Waals surface area contributed by atoms with Crippen molar-refractivity contribution >= 4 is 11.8 Å². The predicted octanol–water partition coefficient (Wildman–Crippen LogP) is 0.561. The van der Waals surface area contributed by atoms with E-state index in [-0.39, 0.29) is 5.91 Å². The summed E-state index contributed by atoms with van der Waals surface area (Å²) in [6, 6.07) is 0. The van der Waals surface area contributed by atoms with Crippen molar-refractivity contribution in [3.63, 3.8) is 0 Å². The minimum atomic E-state index is -4.44. The smallest absolute Gasteiger partial charge is 0.347 e. The van der Waals surface area contributed by atoms with Gasteiger partial charge in [-0.2, -0.15) is 13.2 Å². The standard InChI is InChI=1S/C12H20F3N3O2/c13-12(14,15)8-18-11(20)7-17-10(19)2-1-9-3-5-16-6-4-9/h9,16H,1-8H2,(H,17,19)(H,18,20). The first-order valence-corrected chi connectivity index (χ1v) is 6.67. The van der Waals surface area contributed by atoms with Crippen LogP contribution in [0.15, 0.2) is 0 Å². The zero-order chi connectivity index (χ0) is 15.0. The monoisotopic (exact) mass is 295 g/mol. The van der Waals surface area contributed by atoms with Crippen molar-refractivity contribution in [2.24, 2.45) is 5.92 Å². The quantitative estimate of drug-likeness (QED) is 0.670. The van der Waals surface area contributed by atoms with E-state index in [1.807, 2.05) is 0 Å². The molecule has 1 aliphatic rings. The molecule has 5 nitrogen and oxygen atoms in total. The summed E-state index contributed by atoms with van der Waals surface area (Å²) in [5, 5.41) is 7.24. The summed E-state index contributed by atoms with van der Waals surface area (Å²) >= 11 is 0. The van der Waals surface area contributed by atoms with E-state index in [0.29, 0.717) is 12.3 Å². The Morgan fingerprint density at radius 2 is 1.75 bits per heavy atom. The molecule has 0 saturated carbocycles. The third kappa shape index (κ3) is 7.98. The molecular formula is C12H20F3N3O2. The number of piperidine rings is 1. The molecule has 0 unspecified atom stereocenters. The van der Waals surface area contributed by atoms with Crippen LogP contribution in [-0.4, -0.2) is 44.2 Å². The summed E-state index contributed by atoms with van der Waals surface area (Å²) in [7, 11) is 0. The van der Waals surface area contributed by atoms with Gasteiger partial charge in [0, 0.05) is 6.42 Å².